The molecule has 0 radical (unpaired) electrons. The second-order valence-corrected chi connectivity index (χ2v) is 5.75. The molecule has 0 aliphatic heterocycles. The molecule has 0 nitrogen and oxygen atoms in total. The highest BCUT2D eigenvalue weighted by Gasteiger charge is 2.70. The van der Waals surface area contributed by atoms with Gasteiger partial charge in [0.05, 0.1) is 0 Å². The van der Waals surface area contributed by atoms with Gasteiger partial charge in [-0.25, -0.2) is 0 Å². The van der Waals surface area contributed by atoms with Crippen LogP contribution in [0.1, 0.15) is 35.1 Å². The molecule has 13 heavy (non-hydrogen) atoms. The topological polar surface area (TPSA) is 0 Å². The van der Waals surface area contributed by atoms with Gasteiger partial charge < -0.3 is 0 Å². The Labute approximate surface area is 83.1 Å². The normalized spacial score (nSPS) is 67.4. The fraction of sp³-hybridized carbons (Fsp3) is 1.00. The van der Waals surface area contributed by atoms with E-state index in [1.165, 1.54) is 0 Å². The van der Waals surface area contributed by atoms with Gasteiger partial charge in [-0.15, -0.1) is 0 Å². The van der Waals surface area contributed by atoms with Crippen molar-refractivity contribution in [2.24, 2.45) is 47.3 Å². The summed E-state index contributed by atoms with van der Waals surface area (Å²) in [6.45, 7) is 9.88. The number of hydrogen-bond donors (Lipinski definition) is 0. The third kappa shape index (κ3) is 0.750. The van der Waals surface area contributed by atoms with Crippen LogP contribution in [0.4, 0.5) is 0 Å². The van der Waals surface area contributed by atoms with Crippen LogP contribution in [0.3, 0.4) is 0 Å². The predicted octanol–water partition coefficient (Wildman–Crippen LogP) is 3.67. The van der Waals surface area contributed by atoms with Crippen molar-refractivity contribution in [3.05, 3.63) is 0 Å². The molecule has 8 atom stereocenters. The third-order valence-electron chi connectivity index (χ3n) is 5.86. The van der Waals surface area contributed by atoms with E-state index in [9.17, 15) is 0 Å². The van der Waals surface area contributed by atoms with Gasteiger partial charge in [-0.05, 0) is 47.3 Å². The SMILES string of the molecule is C.CC1C2C(C3C2[C@@H](C)[C@H]3C)[C@H]1C. The van der Waals surface area contributed by atoms with E-state index in [-0.39, 0.29) is 7.43 Å². The van der Waals surface area contributed by atoms with Gasteiger partial charge in [-0.1, -0.05) is 35.1 Å². The van der Waals surface area contributed by atoms with Crippen molar-refractivity contribution in [3.63, 3.8) is 0 Å². The number of fused-ring (bicyclic) bond motifs is 4. The summed E-state index contributed by atoms with van der Waals surface area (Å²) in [6.07, 6.45) is 0. The first kappa shape index (κ1) is 9.55. The Morgan fingerprint density at radius 1 is 0.462 bits per heavy atom. The van der Waals surface area contributed by atoms with Gasteiger partial charge in [0.1, 0.15) is 0 Å². The van der Waals surface area contributed by atoms with E-state index in [0.29, 0.717) is 0 Å². The highest BCUT2D eigenvalue weighted by molar-refractivity contribution is 5.17. The standard InChI is InChI=1S/C12H20.CH4/c1-5-6(2)10-9(5)11-7(3)8(4)12(10)11;/h5-12H,1-4H3;1H4/t5-,6+,7+,8?,9?,10?,11?,12?;/m1./s1. The minimum atomic E-state index is 0. The summed E-state index contributed by atoms with van der Waals surface area (Å²) >= 11 is 0. The first-order chi connectivity index (χ1) is 5.64. The Morgan fingerprint density at radius 2 is 0.615 bits per heavy atom. The number of rotatable bonds is 0. The third-order valence-corrected chi connectivity index (χ3v) is 5.86. The molecule has 0 heteroatoms. The number of hydrogen-bond acceptors (Lipinski definition) is 0. The smallest absolute Gasteiger partial charge is 0.0318 e. The first-order valence-electron chi connectivity index (χ1n) is 5.64. The summed E-state index contributed by atoms with van der Waals surface area (Å²) in [5.74, 6) is 8.79. The Bertz CT molecular complexity index is 164. The van der Waals surface area contributed by atoms with E-state index in [1.54, 1.807) is 0 Å². The van der Waals surface area contributed by atoms with Crippen LogP contribution in [-0.2, 0) is 0 Å². The molecule has 0 spiro atoms. The largest absolute Gasteiger partial charge is 0.0776 e. The maximum absolute atomic E-state index is 2.47. The molecule has 0 amide bonds. The minimum Gasteiger partial charge on any atom is -0.0776 e. The Morgan fingerprint density at radius 3 is 0.769 bits per heavy atom. The van der Waals surface area contributed by atoms with E-state index in [2.05, 4.69) is 27.7 Å². The van der Waals surface area contributed by atoms with Crippen molar-refractivity contribution in [2.45, 2.75) is 35.1 Å². The lowest BCUT2D eigenvalue weighted by atomic mass is 9.28. The van der Waals surface area contributed by atoms with Crippen LogP contribution < -0.4 is 0 Å². The summed E-state index contributed by atoms with van der Waals surface area (Å²) in [7, 11) is 0. The second kappa shape index (κ2) is 2.52. The van der Waals surface area contributed by atoms with Crippen molar-refractivity contribution < 1.29 is 0 Å². The lowest BCUT2D eigenvalue weighted by molar-refractivity contribution is -0.294. The van der Waals surface area contributed by atoms with Gasteiger partial charge in [0.2, 0.25) is 0 Å². The zero-order chi connectivity index (χ0) is 8.62. The highest BCUT2D eigenvalue weighted by Crippen LogP contribution is 2.75. The van der Waals surface area contributed by atoms with Gasteiger partial charge in [0.25, 0.3) is 0 Å². The lowest BCUT2D eigenvalue weighted by Gasteiger charge is -2.77. The zero-order valence-corrected chi connectivity index (χ0v) is 8.62. The van der Waals surface area contributed by atoms with Crippen LogP contribution in [0.5, 0.6) is 0 Å². The van der Waals surface area contributed by atoms with Crippen molar-refractivity contribution in [2.75, 3.05) is 0 Å². The maximum Gasteiger partial charge on any atom is -0.0318 e. The molecule has 3 aliphatic carbocycles. The van der Waals surface area contributed by atoms with E-state index in [1.807, 2.05) is 0 Å². The quantitative estimate of drug-likeness (QED) is 0.533. The van der Waals surface area contributed by atoms with E-state index >= 15 is 0 Å². The molecule has 0 bridgehead atoms. The summed E-state index contributed by atoms with van der Waals surface area (Å²) in [6, 6.07) is 0. The summed E-state index contributed by atoms with van der Waals surface area (Å²) < 4.78 is 0. The monoisotopic (exact) mass is 180 g/mol. The molecule has 0 aromatic rings. The molecule has 0 aromatic carbocycles. The predicted molar refractivity (Wildman–Crippen MR) is 57.3 cm³/mol. The fourth-order valence-electron chi connectivity index (χ4n) is 4.80. The molecule has 3 saturated carbocycles. The first-order valence-corrected chi connectivity index (χ1v) is 5.64. The molecular weight excluding hydrogens is 156 g/mol. The van der Waals surface area contributed by atoms with Crippen LogP contribution in [-0.4, -0.2) is 0 Å². The van der Waals surface area contributed by atoms with Gasteiger partial charge >= 0.3 is 0 Å². The second-order valence-electron chi connectivity index (χ2n) is 5.75. The van der Waals surface area contributed by atoms with Crippen LogP contribution in [0.2, 0.25) is 0 Å². The molecule has 3 aliphatic rings. The maximum atomic E-state index is 2.47. The van der Waals surface area contributed by atoms with E-state index < -0.39 is 0 Å². The Hall–Kier alpha value is 0. The molecular formula is C13H24. The fourth-order valence-corrected chi connectivity index (χ4v) is 4.80. The molecule has 0 aromatic heterocycles. The Balaban J connectivity index is 0.000000653. The summed E-state index contributed by atoms with van der Waals surface area (Å²) in [4.78, 5) is 0. The molecule has 5 unspecified atom stereocenters. The lowest BCUT2D eigenvalue weighted by Crippen LogP contribution is -2.72. The average molecular weight is 180 g/mol. The molecule has 3 fully saturated rings. The van der Waals surface area contributed by atoms with Crippen LogP contribution in [0.25, 0.3) is 0 Å². The molecule has 0 heterocycles. The zero-order valence-electron chi connectivity index (χ0n) is 8.62. The van der Waals surface area contributed by atoms with Crippen molar-refractivity contribution in [1.82, 2.24) is 0 Å². The van der Waals surface area contributed by atoms with Crippen molar-refractivity contribution in [3.8, 4) is 0 Å². The van der Waals surface area contributed by atoms with Crippen LogP contribution >= 0.6 is 0 Å². The van der Waals surface area contributed by atoms with Crippen molar-refractivity contribution in [1.29, 1.82) is 0 Å². The summed E-state index contributed by atoms with van der Waals surface area (Å²) in [5.41, 5.74) is 0. The molecule has 0 N–H and O–H groups in total. The summed E-state index contributed by atoms with van der Waals surface area (Å²) in [5, 5.41) is 0. The Kier molecular flexibility index (Phi) is 1.85. The van der Waals surface area contributed by atoms with Crippen molar-refractivity contribution >= 4 is 0 Å². The van der Waals surface area contributed by atoms with Gasteiger partial charge in [0.15, 0.2) is 0 Å². The van der Waals surface area contributed by atoms with E-state index in [4.69, 9.17) is 0 Å². The van der Waals surface area contributed by atoms with E-state index in [0.717, 1.165) is 47.3 Å². The van der Waals surface area contributed by atoms with Gasteiger partial charge in [-0.3, -0.25) is 0 Å². The minimum absolute atomic E-state index is 0. The van der Waals surface area contributed by atoms with Crippen LogP contribution in [0, 0.1) is 47.3 Å². The average Bonchev–Trinajstić information content (AvgIpc) is 2.03. The van der Waals surface area contributed by atoms with Gasteiger partial charge in [0, 0.05) is 0 Å². The van der Waals surface area contributed by atoms with Gasteiger partial charge in [-0.2, -0.15) is 0 Å². The van der Waals surface area contributed by atoms with Crippen LogP contribution in [0.15, 0.2) is 0 Å². The molecule has 3 rings (SSSR count). The highest BCUT2D eigenvalue weighted by atomic mass is 14.7. The molecule has 76 valence electrons. The molecule has 0 saturated heterocycles.